The monoisotopic (exact) mass is 721 g/mol. The van der Waals surface area contributed by atoms with Crippen LogP contribution in [0.5, 0.6) is 0 Å². The second-order valence-electron chi connectivity index (χ2n) is 16.4. The Bertz CT molecular complexity index is 1440. The standard InChI is InChI=1S/C40H63N7O5/c1-27(2)34(47-33(48)14-10-9-11-23-42-35(49)29-17-20-30(44-26-29)21-22-39(3,4)5)37(51)46-32(13-12-24-43-38(41)52)36(50)45-31-18-15-28(16-19-31)25-40(6,7)8/h15-20,26-27,32,34H,9-14,21-25H2,1-8H3,(H,42,49)(H,45,50)(H,46,51)(H,47,48)(H3,41,43,52)/t32-,34-/m0/s1. The molecular weight excluding hydrogens is 658 g/mol. The molecule has 1 heterocycles. The van der Waals surface area contributed by atoms with Crippen molar-refractivity contribution in [1.29, 1.82) is 0 Å². The van der Waals surface area contributed by atoms with Gasteiger partial charge in [0.2, 0.25) is 17.7 Å². The molecule has 2 aromatic rings. The Hall–Kier alpha value is -4.48. The number of aromatic nitrogens is 1. The molecule has 0 bridgehead atoms. The van der Waals surface area contributed by atoms with Crippen molar-refractivity contribution in [3.05, 3.63) is 59.4 Å². The van der Waals surface area contributed by atoms with Gasteiger partial charge >= 0.3 is 6.03 Å². The number of primary amides is 1. The number of rotatable bonds is 20. The smallest absolute Gasteiger partial charge is 0.312 e. The van der Waals surface area contributed by atoms with Crippen LogP contribution in [-0.4, -0.2) is 59.8 Å². The Labute approximate surface area is 310 Å². The van der Waals surface area contributed by atoms with E-state index < -0.39 is 29.9 Å². The number of nitrogens with zero attached hydrogens (tertiary/aromatic N) is 1. The van der Waals surface area contributed by atoms with Crippen molar-refractivity contribution in [2.24, 2.45) is 22.5 Å². The third-order valence-electron chi connectivity index (χ3n) is 8.41. The molecule has 1 aromatic heterocycles. The third kappa shape index (κ3) is 18.1. The van der Waals surface area contributed by atoms with Gasteiger partial charge in [-0.05, 0) is 91.5 Å². The Kier molecular flexibility index (Phi) is 17.8. The van der Waals surface area contributed by atoms with Gasteiger partial charge < -0.3 is 32.3 Å². The number of anilines is 1. The van der Waals surface area contributed by atoms with Crippen LogP contribution in [0.4, 0.5) is 10.5 Å². The Morgan fingerprint density at radius 2 is 1.44 bits per heavy atom. The highest BCUT2D eigenvalue weighted by atomic mass is 16.2. The highest BCUT2D eigenvalue weighted by Gasteiger charge is 2.29. The average molecular weight is 722 g/mol. The Balaban J connectivity index is 1.86. The highest BCUT2D eigenvalue weighted by molar-refractivity contribution is 5.98. The molecule has 0 saturated heterocycles. The van der Waals surface area contributed by atoms with Gasteiger partial charge in [0.15, 0.2) is 0 Å². The molecule has 7 N–H and O–H groups in total. The minimum absolute atomic E-state index is 0.124. The Morgan fingerprint density at radius 1 is 0.769 bits per heavy atom. The molecule has 0 aliphatic carbocycles. The molecule has 2 rings (SSSR count). The minimum atomic E-state index is -0.910. The lowest BCUT2D eigenvalue weighted by atomic mass is 9.88. The summed E-state index contributed by atoms with van der Waals surface area (Å²) in [5, 5.41) is 14.0. The summed E-state index contributed by atoms with van der Waals surface area (Å²) in [6, 6.07) is 8.88. The molecule has 288 valence electrons. The van der Waals surface area contributed by atoms with E-state index in [0.29, 0.717) is 37.1 Å². The van der Waals surface area contributed by atoms with Gasteiger partial charge in [0.25, 0.3) is 5.91 Å². The zero-order valence-corrected chi connectivity index (χ0v) is 32.6. The lowest BCUT2D eigenvalue weighted by Gasteiger charge is -2.25. The van der Waals surface area contributed by atoms with E-state index in [9.17, 15) is 24.0 Å². The number of nitrogens with two attached hydrogens (primary N) is 1. The number of urea groups is 1. The fourth-order valence-corrected chi connectivity index (χ4v) is 5.48. The van der Waals surface area contributed by atoms with Crippen LogP contribution in [0.25, 0.3) is 0 Å². The number of benzene rings is 1. The molecule has 52 heavy (non-hydrogen) atoms. The van der Waals surface area contributed by atoms with Crippen LogP contribution in [0.1, 0.15) is 122 Å². The summed E-state index contributed by atoms with van der Waals surface area (Å²) >= 11 is 0. The topological polar surface area (TPSA) is 184 Å². The summed E-state index contributed by atoms with van der Waals surface area (Å²) in [6.07, 6.45) is 7.25. The molecule has 2 atom stereocenters. The molecule has 0 unspecified atom stereocenters. The first-order valence-electron chi connectivity index (χ1n) is 18.6. The maximum atomic E-state index is 13.5. The molecule has 0 saturated carbocycles. The molecule has 0 spiro atoms. The van der Waals surface area contributed by atoms with Crippen LogP contribution >= 0.6 is 0 Å². The predicted molar refractivity (Wildman–Crippen MR) is 207 cm³/mol. The highest BCUT2D eigenvalue weighted by Crippen LogP contribution is 2.22. The zero-order valence-electron chi connectivity index (χ0n) is 32.6. The quantitative estimate of drug-likeness (QED) is 0.0960. The van der Waals surface area contributed by atoms with Crippen molar-refractivity contribution >= 4 is 35.3 Å². The third-order valence-corrected chi connectivity index (χ3v) is 8.41. The van der Waals surface area contributed by atoms with Gasteiger partial charge in [-0.2, -0.15) is 0 Å². The van der Waals surface area contributed by atoms with E-state index in [2.05, 4.69) is 73.1 Å². The van der Waals surface area contributed by atoms with Crippen LogP contribution in [0, 0.1) is 16.7 Å². The Morgan fingerprint density at radius 3 is 2.02 bits per heavy atom. The maximum Gasteiger partial charge on any atom is 0.312 e. The van der Waals surface area contributed by atoms with Gasteiger partial charge in [0, 0.05) is 37.1 Å². The molecule has 12 nitrogen and oxygen atoms in total. The predicted octanol–water partition coefficient (Wildman–Crippen LogP) is 5.65. The van der Waals surface area contributed by atoms with Crippen LogP contribution < -0.4 is 32.3 Å². The molecule has 12 heteroatoms. The molecule has 1 aromatic carbocycles. The number of aryl methyl sites for hydroxylation is 1. The summed E-state index contributed by atoms with van der Waals surface area (Å²) in [7, 11) is 0. The van der Waals surface area contributed by atoms with Crippen LogP contribution in [-0.2, 0) is 27.2 Å². The lowest BCUT2D eigenvalue weighted by Crippen LogP contribution is -2.54. The lowest BCUT2D eigenvalue weighted by molar-refractivity contribution is -0.132. The maximum absolute atomic E-state index is 13.5. The number of hydrogen-bond acceptors (Lipinski definition) is 6. The number of nitrogens with one attached hydrogen (secondary N) is 5. The van der Waals surface area contributed by atoms with Crippen molar-refractivity contribution in [2.45, 2.75) is 125 Å². The fourth-order valence-electron chi connectivity index (χ4n) is 5.48. The molecule has 0 aliphatic rings. The van der Waals surface area contributed by atoms with E-state index in [-0.39, 0.29) is 47.9 Å². The van der Waals surface area contributed by atoms with Crippen molar-refractivity contribution in [2.75, 3.05) is 18.4 Å². The van der Waals surface area contributed by atoms with Crippen molar-refractivity contribution in [3.63, 3.8) is 0 Å². The average Bonchev–Trinajstić information content (AvgIpc) is 3.05. The van der Waals surface area contributed by atoms with E-state index >= 15 is 0 Å². The first-order chi connectivity index (χ1) is 24.3. The first kappa shape index (κ1) is 43.7. The number of amides is 6. The molecular formula is C40H63N7O5. The van der Waals surface area contributed by atoms with Gasteiger partial charge in [0.05, 0.1) is 5.56 Å². The van der Waals surface area contributed by atoms with Crippen LogP contribution in [0.15, 0.2) is 42.6 Å². The summed E-state index contributed by atoms with van der Waals surface area (Å²) in [5.41, 5.74) is 8.76. The SMILES string of the molecule is CC(C)[C@H](NC(=O)CCCCCNC(=O)c1ccc(CCC(C)(C)C)nc1)C(=O)N[C@@H](CCCNC(N)=O)C(=O)Nc1ccc(CC(C)(C)C)cc1. The van der Waals surface area contributed by atoms with E-state index in [4.69, 9.17) is 5.73 Å². The van der Waals surface area contributed by atoms with Gasteiger partial charge in [-0.1, -0.05) is 73.9 Å². The van der Waals surface area contributed by atoms with Gasteiger partial charge in [-0.3, -0.25) is 24.2 Å². The van der Waals surface area contributed by atoms with E-state index in [1.807, 2.05) is 44.2 Å². The van der Waals surface area contributed by atoms with E-state index in [1.165, 1.54) is 0 Å². The molecule has 0 fully saturated rings. The number of carbonyl (C=O) groups excluding carboxylic acids is 5. The number of pyridine rings is 1. The van der Waals surface area contributed by atoms with E-state index in [0.717, 1.165) is 36.9 Å². The molecule has 0 radical (unpaired) electrons. The fraction of sp³-hybridized carbons (Fsp3) is 0.600. The summed E-state index contributed by atoms with van der Waals surface area (Å²) in [5.74, 6) is -1.55. The molecule has 0 aliphatic heterocycles. The van der Waals surface area contributed by atoms with Crippen molar-refractivity contribution in [1.82, 2.24) is 26.3 Å². The minimum Gasteiger partial charge on any atom is -0.352 e. The second kappa shape index (κ2) is 21.1. The van der Waals surface area contributed by atoms with Gasteiger partial charge in [-0.15, -0.1) is 0 Å². The van der Waals surface area contributed by atoms with Crippen LogP contribution in [0.2, 0.25) is 0 Å². The second-order valence-corrected chi connectivity index (χ2v) is 16.4. The largest absolute Gasteiger partial charge is 0.352 e. The molecule has 6 amide bonds. The van der Waals surface area contributed by atoms with E-state index in [1.54, 1.807) is 12.3 Å². The number of unbranched alkanes of at least 4 members (excludes halogenated alkanes) is 2. The summed E-state index contributed by atoms with van der Waals surface area (Å²) in [4.78, 5) is 67.8. The normalized spacial score (nSPS) is 12.8. The van der Waals surface area contributed by atoms with Crippen LogP contribution in [0.3, 0.4) is 0 Å². The summed E-state index contributed by atoms with van der Waals surface area (Å²) in [6.45, 7) is 17.4. The summed E-state index contributed by atoms with van der Waals surface area (Å²) < 4.78 is 0. The number of carbonyl (C=O) groups is 5. The first-order valence-corrected chi connectivity index (χ1v) is 18.6. The number of hydrogen-bond donors (Lipinski definition) is 6. The van der Waals surface area contributed by atoms with Crippen molar-refractivity contribution in [3.8, 4) is 0 Å². The van der Waals surface area contributed by atoms with Crippen molar-refractivity contribution < 1.29 is 24.0 Å². The zero-order chi connectivity index (χ0) is 38.9. The van der Waals surface area contributed by atoms with Gasteiger partial charge in [0.1, 0.15) is 12.1 Å². The van der Waals surface area contributed by atoms with Gasteiger partial charge in [-0.25, -0.2) is 4.79 Å².